The minimum absolute atomic E-state index is 0.244. The van der Waals surface area contributed by atoms with Crippen molar-refractivity contribution in [2.45, 2.75) is 39.7 Å². The molecule has 0 saturated carbocycles. The van der Waals surface area contributed by atoms with Crippen molar-refractivity contribution in [1.29, 1.82) is 0 Å². The van der Waals surface area contributed by atoms with E-state index >= 15 is 0 Å². The van der Waals surface area contributed by atoms with Crippen LogP contribution < -0.4 is 5.73 Å². The van der Waals surface area contributed by atoms with E-state index in [1.54, 1.807) is 7.11 Å². The molecule has 1 aromatic heterocycles. The van der Waals surface area contributed by atoms with Gasteiger partial charge in [0.15, 0.2) is 0 Å². The van der Waals surface area contributed by atoms with Gasteiger partial charge < -0.3 is 15.0 Å². The van der Waals surface area contributed by atoms with E-state index in [4.69, 9.17) is 10.5 Å². The van der Waals surface area contributed by atoms with Crippen molar-refractivity contribution < 1.29 is 4.74 Å². The normalized spacial score (nSPS) is 13.5. The maximum Gasteiger partial charge on any atom is 0.127 e. The molecular formula is C11H21N3O. The smallest absolute Gasteiger partial charge is 0.127 e. The summed E-state index contributed by atoms with van der Waals surface area (Å²) in [5, 5.41) is 0. The summed E-state index contributed by atoms with van der Waals surface area (Å²) in [6.45, 7) is 8.93. The minimum Gasteiger partial charge on any atom is -0.384 e. The van der Waals surface area contributed by atoms with E-state index in [2.05, 4.69) is 30.3 Å². The number of hydrogen-bond donors (Lipinski definition) is 1. The Morgan fingerprint density at radius 3 is 2.40 bits per heavy atom. The third-order valence-electron chi connectivity index (χ3n) is 2.55. The highest BCUT2D eigenvalue weighted by atomic mass is 16.5. The average Bonchev–Trinajstić information content (AvgIpc) is 2.42. The Kier molecular flexibility index (Phi) is 3.74. The fourth-order valence-electron chi connectivity index (χ4n) is 1.93. The van der Waals surface area contributed by atoms with Gasteiger partial charge in [-0.3, -0.25) is 0 Å². The lowest BCUT2D eigenvalue weighted by Crippen LogP contribution is -2.09. The van der Waals surface area contributed by atoms with Gasteiger partial charge in [0.05, 0.1) is 12.3 Å². The van der Waals surface area contributed by atoms with Crippen LogP contribution in [0.25, 0.3) is 0 Å². The molecule has 0 bridgehead atoms. The highest BCUT2D eigenvalue weighted by molar-refractivity contribution is 5.40. The molecule has 0 aromatic carbocycles. The maximum absolute atomic E-state index is 6.08. The van der Waals surface area contributed by atoms with Crippen LogP contribution in [0.5, 0.6) is 0 Å². The number of methoxy groups -OCH3 is 1. The summed E-state index contributed by atoms with van der Waals surface area (Å²) < 4.78 is 7.17. The first-order chi connectivity index (χ1) is 6.99. The maximum atomic E-state index is 6.08. The molecule has 0 saturated heterocycles. The van der Waals surface area contributed by atoms with Crippen LogP contribution in [0.1, 0.15) is 44.2 Å². The molecule has 1 heterocycles. The molecule has 0 aliphatic carbocycles. The van der Waals surface area contributed by atoms with Gasteiger partial charge in [-0.05, 0) is 20.8 Å². The van der Waals surface area contributed by atoms with Gasteiger partial charge in [-0.15, -0.1) is 0 Å². The second-order valence-electron chi connectivity index (χ2n) is 4.25. The van der Waals surface area contributed by atoms with Crippen LogP contribution in [0, 0.1) is 6.92 Å². The Morgan fingerprint density at radius 1 is 1.40 bits per heavy atom. The van der Waals surface area contributed by atoms with E-state index in [1.165, 1.54) is 0 Å². The van der Waals surface area contributed by atoms with Crippen molar-refractivity contribution in [3.63, 3.8) is 0 Å². The highest BCUT2D eigenvalue weighted by Gasteiger charge is 2.18. The number of ether oxygens (including phenoxy) is 1. The molecule has 0 aliphatic heterocycles. The van der Waals surface area contributed by atoms with Gasteiger partial charge in [0.1, 0.15) is 11.6 Å². The van der Waals surface area contributed by atoms with Gasteiger partial charge in [-0.1, -0.05) is 6.92 Å². The Hall–Kier alpha value is -1.03. The molecule has 4 nitrogen and oxygen atoms in total. The summed E-state index contributed by atoms with van der Waals surface area (Å²) in [5.74, 6) is 1.99. The van der Waals surface area contributed by atoms with Crippen molar-refractivity contribution in [3.05, 3.63) is 11.5 Å². The summed E-state index contributed by atoms with van der Waals surface area (Å²) in [6, 6.07) is 0.348. The van der Waals surface area contributed by atoms with Crippen LogP contribution in [0.4, 0.5) is 5.82 Å². The molecule has 86 valence electrons. The molecule has 1 unspecified atom stereocenters. The van der Waals surface area contributed by atoms with E-state index in [-0.39, 0.29) is 5.92 Å². The van der Waals surface area contributed by atoms with Crippen molar-refractivity contribution in [2.75, 3.05) is 19.5 Å². The van der Waals surface area contributed by atoms with Crippen LogP contribution in [-0.4, -0.2) is 23.3 Å². The standard InChI is InChI=1S/C11H21N3O/c1-7(2)14-9(4)13-10(11(14)12)8(3)6-15-5/h7-8H,6,12H2,1-5H3. The van der Waals surface area contributed by atoms with Gasteiger partial charge in [0.25, 0.3) is 0 Å². The quantitative estimate of drug-likeness (QED) is 0.829. The fourth-order valence-corrected chi connectivity index (χ4v) is 1.93. The molecule has 0 amide bonds. The number of anilines is 1. The molecule has 1 atom stereocenters. The third-order valence-corrected chi connectivity index (χ3v) is 2.55. The van der Waals surface area contributed by atoms with Gasteiger partial charge >= 0.3 is 0 Å². The van der Waals surface area contributed by atoms with Gasteiger partial charge in [-0.25, -0.2) is 4.98 Å². The summed E-state index contributed by atoms with van der Waals surface area (Å²) in [6.07, 6.45) is 0. The molecule has 0 spiro atoms. The Labute approximate surface area is 91.4 Å². The lowest BCUT2D eigenvalue weighted by Gasteiger charge is -2.13. The Morgan fingerprint density at radius 2 is 2.00 bits per heavy atom. The van der Waals surface area contributed by atoms with Crippen LogP contribution in [0.15, 0.2) is 0 Å². The lowest BCUT2D eigenvalue weighted by atomic mass is 10.1. The molecule has 0 radical (unpaired) electrons. The average molecular weight is 211 g/mol. The first-order valence-corrected chi connectivity index (χ1v) is 5.32. The van der Waals surface area contributed by atoms with Gasteiger partial charge in [0.2, 0.25) is 0 Å². The Bertz CT molecular complexity index is 331. The second-order valence-corrected chi connectivity index (χ2v) is 4.25. The van der Waals surface area contributed by atoms with E-state index < -0.39 is 0 Å². The number of hydrogen-bond acceptors (Lipinski definition) is 3. The predicted octanol–water partition coefficient (Wildman–Crippen LogP) is 2.10. The summed E-state index contributed by atoms with van der Waals surface area (Å²) in [7, 11) is 1.69. The highest BCUT2D eigenvalue weighted by Crippen LogP contribution is 2.25. The number of nitrogens with two attached hydrogens (primary N) is 1. The molecule has 15 heavy (non-hydrogen) atoms. The number of imidazole rings is 1. The molecule has 2 N–H and O–H groups in total. The topological polar surface area (TPSA) is 53.1 Å². The number of aromatic nitrogens is 2. The molecule has 4 heteroatoms. The van der Waals surface area contributed by atoms with E-state index in [0.29, 0.717) is 12.6 Å². The fraction of sp³-hybridized carbons (Fsp3) is 0.727. The van der Waals surface area contributed by atoms with Crippen molar-refractivity contribution in [2.24, 2.45) is 0 Å². The number of aryl methyl sites for hydroxylation is 1. The molecule has 1 rings (SSSR count). The molecule has 0 fully saturated rings. The third kappa shape index (κ3) is 2.31. The van der Waals surface area contributed by atoms with Crippen LogP contribution >= 0.6 is 0 Å². The zero-order valence-corrected chi connectivity index (χ0v) is 10.2. The monoisotopic (exact) mass is 211 g/mol. The van der Waals surface area contributed by atoms with Crippen LogP contribution in [0.3, 0.4) is 0 Å². The molecule has 1 aromatic rings. The largest absolute Gasteiger partial charge is 0.384 e. The first-order valence-electron chi connectivity index (χ1n) is 5.32. The molecular weight excluding hydrogens is 190 g/mol. The van der Waals surface area contributed by atoms with Gasteiger partial charge in [-0.2, -0.15) is 0 Å². The number of nitrogen functional groups attached to an aromatic ring is 1. The van der Waals surface area contributed by atoms with Crippen molar-refractivity contribution in [1.82, 2.24) is 9.55 Å². The summed E-state index contributed by atoms with van der Waals surface area (Å²) in [5.41, 5.74) is 7.03. The molecule has 0 aliphatic rings. The van der Waals surface area contributed by atoms with Crippen molar-refractivity contribution >= 4 is 5.82 Å². The zero-order chi connectivity index (χ0) is 11.6. The zero-order valence-electron chi connectivity index (χ0n) is 10.2. The van der Waals surface area contributed by atoms with Crippen LogP contribution in [-0.2, 0) is 4.74 Å². The second kappa shape index (κ2) is 4.66. The Balaban J connectivity index is 3.06. The minimum atomic E-state index is 0.244. The predicted molar refractivity (Wildman–Crippen MR) is 62.1 cm³/mol. The summed E-state index contributed by atoms with van der Waals surface area (Å²) >= 11 is 0. The lowest BCUT2D eigenvalue weighted by molar-refractivity contribution is 0.183. The van der Waals surface area contributed by atoms with E-state index in [1.807, 2.05) is 6.92 Å². The van der Waals surface area contributed by atoms with E-state index in [0.717, 1.165) is 17.3 Å². The van der Waals surface area contributed by atoms with E-state index in [9.17, 15) is 0 Å². The van der Waals surface area contributed by atoms with Crippen molar-refractivity contribution in [3.8, 4) is 0 Å². The van der Waals surface area contributed by atoms with Crippen LogP contribution in [0.2, 0.25) is 0 Å². The summed E-state index contributed by atoms with van der Waals surface area (Å²) in [4.78, 5) is 4.51. The SMILES string of the molecule is COCC(C)c1nc(C)n(C(C)C)c1N. The van der Waals surface area contributed by atoms with Gasteiger partial charge in [0, 0.05) is 19.1 Å². The number of nitrogens with zero attached hydrogens (tertiary/aromatic N) is 2. The first kappa shape index (κ1) is 12.0. The number of rotatable bonds is 4.